The van der Waals surface area contributed by atoms with Gasteiger partial charge in [0.15, 0.2) is 0 Å². The van der Waals surface area contributed by atoms with Crippen molar-refractivity contribution < 1.29 is 0 Å². The van der Waals surface area contributed by atoms with Crippen molar-refractivity contribution in [1.29, 1.82) is 0 Å². The van der Waals surface area contributed by atoms with Gasteiger partial charge in [-0.15, -0.1) is 6.58 Å². The highest BCUT2D eigenvalue weighted by molar-refractivity contribution is 5.15. The molecule has 56 valence electrons. The lowest BCUT2D eigenvalue weighted by Gasteiger charge is -2.06. The van der Waals surface area contributed by atoms with Gasteiger partial charge in [0.2, 0.25) is 0 Å². The van der Waals surface area contributed by atoms with E-state index in [4.69, 9.17) is 0 Å². The van der Waals surface area contributed by atoms with Crippen LogP contribution in [-0.2, 0) is 0 Å². The van der Waals surface area contributed by atoms with Crippen molar-refractivity contribution in [2.45, 2.75) is 32.6 Å². The van der Waals surface area contributed by atoms with E-state index in [1.165, 1.54) is 25.7 Å². The van der Waals surface area contributed by atoms with Crippen molar-refractivity contribution in [2.75, 3.05) is 0 Å². The fourth-order valence-electron chi connectivity index (χ4n) is 2.34. The van der Waals surface area contributed by atoms with E-state index in [0.717, 1.165) is 17.3 Å². The van der Waals surface area contributed by atoms with Crippen molar-refractivity contribution in [3.05, 3.63) is 12.7 Å². The molecule has 2 aliphatic rings. The molecule has 0 heteroatoms. The SMILES string of the molecule is C=CC(CC)C1CC12CC2. The van der Waals surface area contributed by atoms with E-state index in [0.29, 0.717) is 0 Å². The van der Waals surface area contributed by atoms with Gasteiger partial charge in [0, 0.05) is 0 Å². The summed E-state index contributed by atoms with van der Waals surface area (Å²) in [6.45, 7) is 6.16. The molecule has 10 heavy (non-hydrogen) atoms. The van der Waals surface area contributed by atoms with Crippen LogP contribution in [0.1, 0.15) is 32.6 Å². The second-order valence-electron chi connectivity index (χ2n) is 3.98. The lowest BCUT2D eigenvalue weighted by Crippen LogP contribution is -1.98. The molecule has 0 aromatic carbocycles. The summed E-state index contributed by atoms with van der Waals surface area (Å²) in [5.41, 5.74) is 0.870. The molecule has 2 rings (SSSR count). The highest BCUT2D eigenvalue weighted by Gasteiger charge is 2.63. The highest BCUT2D eigenvalue weighted by atomic mass is 14.7. The molecule has 0 aromatic rings. The normalized spacial score (nSPS) is 35.5. The zero-order valence-electron chi connectivity index (χ0n) is 6.77. The first-order valence-corrected chi connectivity index (χ1v) is 4.45. The number of rotatable bonds is 3. The molecule has 0 bridgehead atoms. The first kappa shape index (κ1) is 6.45. The molecule has 0 radical (unpaired) electrons. The summed E-state index contributed by atoms with van der Waals surface area (Å²) in [6, 6.07) is 0. The van der Waals surface area contributed by atoms with Crippen molar-refractivity contribution in [3.63, 3.8) is 0 Å². The summed E-state index contributed by atoms with van der Waals surface area (Å²) in [6.07, 6.45) is 8.01. The minimum absolute atomic E-state index is 0.836. The van der Waals surface area contributed by atoms with Crippen molar-refractivity contribution in [3.8, 4) is 0 Å². The molecule has 0 heterocycles. The smallest absolute Gasteiger partial charge is 0.0205 e. The quantitative estimate of drug-likeness (QED) is 0.523. The maximum atomic E-state index is 3.89. The number of allylic oxidation sites excluding steroid dienone is 1. The minimum Gasteiger partial charge on any atom is -0.103 e. The Morgan fingerprint density at radius 3 is 2.70 bits per heavy atom. The summed E-state index contributed by atoms with van der Waals surface area (Å²) in [5, 5.41) is 0. The van der Waals surface area contributed by atoms with E-state index in [2.05, 4.69) is 19.6 Å². The third-order valence-corrected chi connectivity index (χ3v) is 3.44. The van der Waals surface area contributed by atoms with E-state index in [9.17, 15) is 0 Å². The van der Waals surface area contributed by atoms with Crippen LogP contribution in [0.3, 0.4) is 0 Å². The Morgan fingerprint density at radius 2 is 2.40 bits per heavy atom. The number of hydrogen-bond acceptors (Lipinski definition) is 0. The van der Waals surface area contributed by atoms with Gasteiger partial charge < -0.3 is 0 Å². The molecule has 2 aliphatic carbocycles. The monoisotopic (exact) mass is 136 g/mol. The van der Waals surface area contributed by atoms with Gasteiger partial charge in [-0.25, -0.2) is 0 Å². The van der Waals surface area contributed by atoms with Gasteiger partial charge in [-0.3, -0.25) is 0 Å². The van der Waals surface area contributed by atoms with E-state index in [-0.39, 0.29) is 0 Å². The van der Waals surface area contributed by atoms with Gasteiger partial charge in [0.1, 0.15) is 0 Å². The van der Waals surface area contributed by atoms with Gasteiger partial charge in [0.05, 0.1) is 0 Å². The molecule has 0 N–H and O–H groups in total. The maximum Gasteiger partial charge on any atom is -0.0205 e. The lowest BCUT2D eigenvalue weighted by atomic mass is 9.99. The van der Waals surface area contributed by atoms with Crippen LogP contribution in [0.2, 0.25) is 0 Å². The van der Waals surface area contributed by atoms with E-state index in [1.807, 2.05) is 0 Å². The molecule has 2 saturated carbocycles. The van der Waals surface area contributed by atoms with Gasteiger partial charge in [-0.05, 0) is 42.9 Å². The fourth-order valence-corrected chi connectivity index (χ4v) is 2.34. The van der Waals surface area contributed by atoms with Crippen LogP contribution in [0.25, 0.3) is 0 Å². The Bertz CT molecular complexity index is 153. The largest absolute Gasteiger partial charge is 0.103 e. The average Bonchev–Trinajstić information content (AvgIpc) is 2.81. The van der Waals surface area contributed by atoms with E-state index >= 15 is 0 Å². The lowest BCUT2D eigenvalue weighted by molar-refractivity contribution is 0.506. The molecular weight excluding hydrogens is 120 g/mol. The molecule has 1 spiro atoms. The summed E-state index contributed by atoms with van der Waals surface area (Å²) >= 11 is 0. The molecular formula is C10H16. The molecule has 0 amide bonds. The molecule has 2 fully saturated rings. The van der Waals surface area contributed by atoms with E-state index < -0.39 is 0 Å². The Hall–Kier alpha value is -0.260. The Kier molecular flexibility index (Phi) is 1.21. The standard InChI is InChI=1S/C10H16/c1-3-8(4-2)9-7-10(9)5-6-10/h3,8-9H,1,4-7H2,2H3. The van der Waals surface area contributed by atoms with Crippen LogP contribution in [0, 0.1) is 17.3 Å². The van der Waals surface area contributed by atoms with Crippen LogP contribution < -0.4 is 0 Å². The molecule has 2 atom stereocenters. The Morgan fingerprint density at radius 1 is 1.70 bits per heavy atom. The van der Waals surface area contributed by atoms with Crippen LogP contribution in [0.15, 0.2) is 12.7 Å². The highest BCUT2D eigenvalue weighted by Crippen LogP contribution is 2.73. The number of hydrogen-bond donors (Lipinski definition) is 0. The maximum absolute atomic E-state index is 3.89. The second-order valence-corrected chi connectivity index (χ2v) is 3.98. The zero-order valence-corrected chi connectivity index (χ0v) is 6.77. The van der Waals surface area contributed by atoms with Gasteiger partial charge in [-0.2, -0.15) is 0 Å². The Balaban J connectivity index is 1.93. The summed E-state index contributed by atoms with van der Waals surface area (Å²) < 4.78 is 0. The van der Waals surface area contributed by atoms with Crippen molar-refractivity contribution >= 4 is 0 Å². The molecule has 0 nitrogen and oxygen atoms in total. The average molecular weight is 136 g/mol. The predicted molar refractivity (Wildman–Crippen MR) is 43.8 cm³/mol. The zero-order chi connectivity index (χ0) is 7.19. The fraction of sp³-hybridized carbons (Fsp3) is 0.800. The second kappa shape index (κ2) is 1.87. The predicted octanol–water partition coefficient (Wildman–Crippen LogP) is 3.00. The van der Waals surface area contributed by atoms with Gasteiger partial charge in [-0.1, -0.05) is 13.0 Å². The summed E-state index contributed by atoms with van der Waals surface area (Å²) in [4.78, 5) is 0. The topological polar surface area (TPSA) is 0 Å². The van der Waals surface area contributed by atoms with Crippen LogP contribution in [0.4, 0.5) is 0 Å². The van der Waals surface area contributed by atoms with Gasteiger partial charge >= 0.3 is 0 Å². The molecule has 0 aromatic heterocycles. The third kappa shape index (κ3) is 0.744. The van der Waals surface area contributed by atoms with Crippen LogP contribution in [-0.4, -0.2) is 0 Å². The Labute approximate surface area is 63.3 Å². The van der Waals surface area contributed by atoms with Gasteiger partial charge in [0.25, 0.3) is 0 Å². The first-order valence-electron chi connectivity index (χ1n) is 4.45. The van der Waals surface area contributed by atoms with Crippen molar-refractivity contribution in [1.82, 2.24) is 0 Å². The van der Waals surface area contributed by atoms with E-state index in [1.54, 1.807) is 0 Å². The summed E-state index contributed by atoms with van der Waals surface area (Å²) in [5.74, 6) is 1.87. The van der Waals surface area contributed by atoms with Crippen LogP contribution in [0.5, 0.6) is 0 Å². The summed E-state index contributed by atoms with van der Waals surface area (Å²) in [7, 11) is 0. The van der Waals surface area contributed by atoms with Crippen molar-refractivity contribution in [2.24, 2.45) is 17.3 Å². The molecule has 2 unspecified atom stereocenters. The first-order chi connectivity index (χ1) is 4.82. The molecule has 0 saturated heterocycles. The van der Waals surface area contributed by atoms with Crippen LogP contribution >= 0.6 is 0 Å². The minimum atomic E-state index is 0.836. The molecule has 0 aliphatic heterocycles. The third-order valence-electron chi connectivity index (χ3n) is 3.44.